The van der Waals surface area contributed by atoms with Crippen LogP contribution in [0.5, 0.6) is 0 Å². The minimum atomic E-state index is -0.586. The summed E-state index contributed by atoms with van der Waals surface area (Å²) in [4.78, 5) is 28.9. The summed E-state index contributed by atoms with van der Waals surface area (Å²) in [6.07, 6.45) is 2.66. The molecule has 0 radical (unpaired) electrons. The van der Waals surface area contributed by atoms with Crippen LogP contribution >= 0.6 is 0 Å². The fourth-order valence-electron chi connectivity index (χ4n) is 4.01. The van der Waals surface area contributed by atoms with E-state index >= 15 is 0 Å². The van der Waals surface area contributed by atoms with Crippen LogP contribution in [0, 0.1) is 13.8 Å². The van der Waals surface area contributed by atoms with Crippen LogP contribution in [0.4, 0.5) is 0 Å². The third kappa shape index (κ3) is 7.31. The van der Waals surface area contributed by atoms with Crippen molar-refractivity contribution in [1.29, 1.82) is 0 Å². The number of aryl methyl sites for hydroxylation is 2. The summed E-state index contributed by atoms with van der Waals surface area (Å²) in [7, 11) is 0. The van der Waals surface area contributed by atoms with E-state index in [-0.39, 0.29) is 18.2 Å². The number of amides is 2. The Bertz CT molecular complexity index is 1060. The highest BCUT2D eigenvalue weighted by Crippen LogP contribution is 2.18. The summed E-state index contributed by atoms with van der Waals surface area (Å²) in [6.45, 7) is 7.20. The van der Waals surface area contributed by atoms with Crippen molar-refractivity contribution in [3.05, 3.63) is 107 Å². The van der Waals surface area contributed by atoms with Crippen LogP contribution in [0.1, 0.15) is 47.6 Å². The average molecular weight is 457 g/mol. The molecule has 3 rings (SSSR count). The lowest BCUT2D eigenvalue weighted by atomic mass is 10.00. The molecule has 0 aliphatic heterocycles. The fourth-order valence-corrected chi connectivity index (χ4v) is 4.01. The summed E-state index contributed by atoms with van der Waals surface area (Å²) in [6, 6.07) is 25.5. The van der Waals surface area contributed by atoms with E-state index in [9.17, 15) is 9.59 Å². The van der Waals surface area contributed by atoms with Gasteiger partial charge in [-0.3, -0.25) is 9.59 Å². The van der Waals surface area contributed by atoms with Crippen molar-refractivity contribution in [2.45, 2.75) is 59.0 Å². The zero-order valence-corrected chi connectivity index (χ0v) is 20.6. The molecule has 0 saturated heterocycles. The molecule has 3 aromatic carbocycles. The van der Waals surface area contributed by atoms with Gasteiger partial charge < -0.3 is 10.2 Å². The molecular weight excluding hydrogens is 420 g/mol. The molecule has 3 aromatic rings. The van der Waals surface area contributed by atoms with Crippen molar-refractivity contribution in [3.8, 4) is 0 Å². The van der Waals surface area contributed by atoms with Gasteiger partial charge in [-0.15, -0.1) is 0 Å². The highest BCUT2D eigenvalue weighted by molar-refractivity contribution is 5.88. The van der Waals surface area contributed by atoms with Gasteiger partial charge in [0, 0.05) is 19.5 Å². The molecule has 0 unspecified atom stereocenters. The second-order valence-corrected chi connectivity index (χ2v) is 8.96. The first-order valence-electron chi connectivity index (χ1n) is 12.2. The van der Waals surface area contributed by atoms with E-state index in [1.807, 2.05) is 92.7 Å². The predicted molar refractivity (Wildman–Crippen MR) is 138 cm³/mol. The molecule has 2 amide bonds. The third-order valence-corrected chi connectivity index (χ3v) is 6.18. The normalized spacial score (nSPS) is 11.6. The molecule has 1 atom stereocenters. The van der Waals surface area contributed by atoms with Crippen molar-refractivity contribution in [3.63, 3.8) is 0 Å². The quantitative estimate of drug-likeness (QED) is 0.393. The Kier molecular flexibility index (Phi) is 9.45. The van der Waals surface area contributed by atoms with E-state index in [0.717, 1.165) is 40.7 Å². The van der Waals surface area contributed by atoms with Crippen LogP contribution < -0.4 is 5.32 Å². The van der Waals surface area contributed by atoms with Crippen LogP contribution in [0.3, 0.4) is 0 Å². The van der Waals surface area contributed by atoms with Gasteiger partial charge >= 0.3 is 0 Å². The zero-order chi connectivity index (χ0) is 24.3. The van der Waals surface area contributed by atoms with Crippen LogP contribution in [0.15, 0.2) is 78.9 Å². The van der Waals surface area contributed by atoms with Crippen LogP contribution in [-0.2, 0) is 29.0 Å². The molecule has 0 fully saturated rings. The summed E-state index contributed by atoms with van der Waals surface area (Å²) >= 11 is 0. The number of rotatable bonds is 11. The van der Waals surface area contributed by atoms with E-state index in [2.05, 4.69) is 12.2 Å². The summed E-state index contributed by atoms with van der Waals surface area (Å²) in [5.74, 6) is -0.137. The van der Waals surface area contributed by atoms with Gasteiger partial charge in [0.2, 0.25) is 11.8 Å². The first-order chi connectivity index (χ1) is 16.5. The molecule has 0 bridgehead atoms. The Labute approximate surface area is 204 Å². The molecule has 178 valence electrons. The van der Waals surface area contributed by atoms with Crippen molar-refractivity contribution >= 4 is 11.8 Å². The van der Waals surface area contributed by atoms with Gasteiger partial charge in [0.15, 0.2) is 0 Å². The number of hydrogen-bond donors (Lipinski definition) is 1. The van der Waals surface area contributed by atoms with Gasteiger partial charge in [0.25, 0.3) is 0 Å². The molecule has 4 heteroatoms. The zero-order valence-electron chi connectivity index (χ0n) is 20.6. The first-order valence-corrected chi connectivity index (χ1v) is 12.2. The smallest absolute Gasteiger partial charge is 0.243 e. The Hall–Kier alpha value is -3.40. The van der Waals surface area contributed by atoms with E-state index in [4.69, 9.17) is 0 Å². The number of benzene rings is 3. The number of hydrogen-bond acceptors (Lipinski definition) is 2. The number of carbonyl (C=O) groups is 2. The van der Waals surface area contributed by atoms with Crippen LogP contribution in [-0.4, -0.2) is 29.3 Å². The van der Waals surface area contributed by atoms with Gasteiger partial charge in [0.05, 0.1) is 6.42 Å². The van der Waals surface area contributed by atoms with Crippen molar-refractivity contribution in [2.24, 2.45) is 0 Å². The Morgan fingerprint density at radius 3 is 2.21 bits per heavy atom. The molecule has 0 spiro atoms. The van der Waals surface area contributed by atoms with Crippen molar-refractivity contribution in [1.82, 2.24) is 10.2 Å². The largest absolute Gasteiger partial charge is 0.354 e. The molecular formula is C30H36N2O2. The summed E-state index contributed by atoms with van der Waals surface area (Å²) in [5, 5.41) is 3.08. The molecule has 0 aliphatic rings. The maximum atomic E-state index is 13.7. The van der Waals surface area contributed by atoms with Crippen molar-refractivity contribution < 1.29 is 9.59 Å². The van der Waals surface area contributed by atoms with Crippen LogP contribution in [0.2, 0.25) is 0 Å². The molecule has 34 heavy (non-hydrogen) atoms. The van der Waals surface area contributed by atoms with Gasteiger partial charge in [-0.05, 0) is 42.5 Å². The lowest BCUT2D eigenvalue weighted by molar-refractivity contribution is -0.140. The maximum absolute atomic E-state index is 13.7. The topological polar surface area (TPSA) is 49.4 Å². The minimum Gasteiger partial charge on any atom is -0.354 e. The number of nitrogens with one attached hydrogen (secondary N) is 1. The second kappa shape index (κ2) is 12.7. The molecule has 0 saturated carbocycles. The van der Waals surface area contributed by atoms with Gasteiger partial charge in [-0.2, -0.15) is 0 Å². The Morgan fingerprint density at radius 1 is 0.853 bits per heavy atom. The fraction of sp³-hybridized carbons (Fsp3) is 0.333. The minimum absolute atomic E-state index is 0.0429. The number of unbranched alkanes of at least 4 members (excludes halogenated alkanes) is 1. The highest BCUT2D eigenvalue weighted by atomic mass is 16.2. The molecule has 1 N–H and O–H groups in total. The average Bonchev–Trinajstić information content (AvgIpc) is 2.84. The van der Waals surface area contributed by atoms with E-state index < -0.39 is 6.04 Å². The number of carbonyl (C=O) groups excluding carboxylic acids is 2. The van der Waals surface area contributed by atoms with E-state index in [1.54, 1.807) is 4.90 Å². The maximum Gasteiger partial charge on any atom is 0.243 e. The standard InChI is InChI=1S/C30H36N2O2/c1-4-5-19-31-30(34)28(20-25-12-7-6-8-13-25)32(22-27-14-10-9-11-24(27)3)29(33)21-26-17-15-23(2)16-18-26/h6-18,28H,4-5,19-22H2,1-3H3,(H,31,34)/t28-/m0/s1. The first kappa shape index (κ1) is 25.2. The lowest BCUT2D eigenvalue weighted by Gasteiger charge is -2.32. The van der Waals surface area contributed by atoms with E-state index in [1.165, 1.54) is 0 Å². The Balaban J connectivity index is 1.94. The third-order valence-electron chi connectivity index (χ3n) is 6.18. The van der Waals surface area contributed by atoms with Gasteiger partial charge in [-0.25, -0.2) is 0 Å². The molecule has 4 nitrogen and oxygen atoms in total. The second-order valence-electron chi connectivity index (χ2n) is 8.96. The van der Waals surface area contributed by atoms with E-state index in [0.29, 0.717) is 19.5 Å². The SMILES string of the molecule is CCCCNC(=O)[C@H](Cc1ccccc1)N(Cc1ccccc1C)C(=O)Cc1ccc(C)cc1. The Morgan fingerprint density at radius 2 is 1.53 bits per heavy atom. The predicted octanol–water partition coefficient (Wildman–Crippen LogP) is 5.40. The highest BCUT2D eigenvalue weighted by Gasteiger charge is 2.30. The molecule has 0 heterocycles. The number of nitrogens with zero attached hydrogens (tertiary/aromatic N) is 1. The summed E-state index contributed by atoms with van der Waals surface area (Å²) in [5.41, 5.74) is 5.32. The van der Waals surface area contributed by atoms with Gasteiger partial charge in [-0.1, -0.05) is 97.8 Å². The lowest BCUT2D eigenvalue weighted by Crippen LogP contribution is -2.51. The molecule has 0 aromatic heterocycles. The molecule has 0 aliphatic carbocycles. The van der Waals surface area contributed by atoms with Gasteiger partial charge in [0.1, 0.15) is 6.04 Å². The van der Waals surface area contributed by atoms with Crippen LogP contribution in [0.25, 0.3) is 0 Å². The van der Waals surface area contributed by atoms with Crippen molar-refractivity contribution in [2.75, 3.05) is 6.54 Å². The monoisotopic (exact) mass is 456 g/mol. The summed E-state index contributed by atoms with van der Waals surface area (Å²) < 4.78 is 0.